The Kier molecular flexibility index (Phi) is 6.62. The number of nitrogens with zero attached hydrogens (tertiary/aromatic N) is 4. The molecule has 35 heavy (non-hydrogen) atoms. The highest BCUT2D eigenvalue weighted by molar-refractivity contribution is 5.90. The number of H-pyrrole nitrogens is 1. The van der Waals surface area contributed by atoms with Gasteiger partial charge in [0.05, 0.1) is 11.3 Å². The number of aryl methyl sites for hydroxylation is 1. The lowest BCUT2D eigenvalue weighted by Crippen LogP contribution is -2.43. The summed E-state index contributed by atoms with van der Waals surface area (Å²) in [6, 6.07) is 17.0. The number of hydrogen-bond acceptors (Lipinski definition) is 5. The second-order valence-corrected chi connectivity index (χ2v) is 9.18. The molecule has 1 aliphatic rings. The summed E-state index contributed by atoms with van der Waals surface area (Å²) in [7, 11) is 2.18. The van der Waals surface area contributed by atoms with Gasteiger partial charge in [0, 0.05) is 73.5 Å². The molecule has 2 aromatic heterocycles. The minimum atomic E-state index is 0.520. The van der Waals surface area contributed by atoms with Crippen molar-refractivity contribution in [3.05, 3.63) is 88.9 Å². The van der Waals surface area contributed by atoms with Crippen LogP contribution in [0.3, 0.4) is 0 Å². The number of anilines is 2. The topological polar surface area (TPSA) is 71.0 Å². The quantitative estimate of drug-likeness (QED) is 0.401. The summed E-state index contributed by atoms with van der Waals surface area (Å²) < 4.78 is 0. The number of pyridine rings is 1. The number of piperazine rings is 1. The summed E-state index contributed by atoms with van der Waals surface area (Å²) in [5.74, 6) is 0. The van der Waals surface area contributed by atoms with E-state index in [0.29, 0.717) is 5.56 Å². The number of aromatic amines is 1. The van der Waals surface area contributed by atoms with Crippen LogP contribution in [0.4, 0.5) is 11.4 Å². The van der Waals surface area contributed by atoms with E-state index in [1.807, 2.05) is 12.4 Å². The summed E-state index contributed by atoms with van der Waals surface area (Å²) >= 11 is 0. The van der Waals surface area contributed by atoms with Gasteiger partial charge in [-0.3, -0.25) is 9.88 Å². The van der Waals surface area contributed by atoms with Crippen LogP contribution in [0.15, 0.2) is 61.1 Å². The molecule has 0 atom stereocenters. The third-order valence-corrected chi connectivity index (χ3v) is 6.85. The fourth-order valence-corrected chi connectivity index (χ4v) is 4.65. The van der Waals surface area contributed by atoms with E-state index in [0.717, 1.165) is 66.1 Å². The molecule has 0 unspecified atom stereocenters. The number of rotatable bonds is 6. The van der Waals surface area contributed by atoms with E-state index in [1.54, 1.807) is 6.20 Å². The SMILES string of the molecule is Cc1c(Nc2c(C#N)cncc2/C=C/c2ccccc2CN2CCN(C)CC2)ccc2[nH]ccc12. The van der Waals surface area contributed by atoms with Crippen LogP contribution in [0.5, 0.6) is 0 Å². The van der Waals surface area contributed by atoms with Crippen LogP contribution in [-0.2, 0) is 6.54 Å². The van der Waals surface area contributed by atoms with Crippen molar-refractivity contribution in [1.82, 2.24) is 19.8 Å². The molecule has 1 aliphatic heterocycles. The van der Waals surface area contributed by atoms with E-state index in [4.69, 9.17) is 0 Å². The normalized spacial score (nSPS) is 15.0. The van der Waals surface area contributed by atoms with Gasteiger partial charge in [0.25, 0.3) is 0 Å². The Morgan fingerprint density at radius 2 is 1.83 bits per heavy atom. The van der Waals surface area contributed by atoms with Gasteiger partial charge in [-0.2, -0.15) is 5.26 Å². The molecule has 1 fully saturated rings. The van der Waals surface area contributed by atoms with Gasteiger partial charge in [-0.05, 0) is 48.9 Å². The first-order chi connectivity index (χ1) is 17.1. The standard InChI is InChI=1S/C29H30N6/c1-21-26-11-12-32-28(26)10-9-27(21)33-29-23(18-31-19-25(29)17-30)8-7-22-5-3-4-6-24(22)20-35-15-13-34(2)14-16-35/h3-12,18-19,32H,13-16,20H2,1-2H3,(H,31,33)/b8-7+. The first-order valence-corrected chi connectivity index (χ1v) is 12.0. The second kappa shape index (κ2) is 10.1. The van der Waals surface area contributed by atoms with Crippen molar-refractivity contribution < 1.29 is 0 Å². The Labute approximate surface area is 206 Å². The molecule has 176 valence electrons. The minimum absolute atomic E-state index is 0.520. The number of benzene rings is 2. The van der Waals surface area contributed by atoms with Gasteiger partial charge in [0.2, 0.25) is 0 Å². The van der Waals surface area contributed by atoms with Crippen LogP contribution >= 0.6 is 0 Å². The highest BCUT2D eigenvalue weighted by Crippen LogP contribution is 2.31. The van der Waals surface area contributed by atoms with Crippen molar-refractivity contribution in [1.29, 1.82) is 5.26 Å². The lowest BCUT2D eigenvalue weighted by molar-refractivity contribution is 0.148. The molecule has 0 radical (unpaired) electrons. The number of fused-ring (bicyclic) bond motifs is 1. The molecule has 2 aromatic carbocycles. The van der Waals surface area contributed by atoms with Crippen LogP contribution < -0.4 is 5.32 Å². The highest BCUT2D eigenvalue weighted by Gasteiger charge is 2.15. The lowest BCUT2D eigenvalue weighted by atomic mass is 10.0. The highest BCUT2D eigenvalue weighted by atomic mass is 15.2. The first-order valence-electron chi connectivity index (χ1n) is 12.0. The molecular formula is C29H30N6. The number of nitrogens with one attached hydrogen (secondary N) is 2. The van der Waals surface area contributed by atoms with E-state index in [-0.39, 0.29) is 0 Å². The summed E-state index contributed by atoms with van der Waals surface area (Å²) in [5, 5.41) is 14.5. The summed E-state index contributed by atoms with van der Waals surface area (Å²) in [5.41, 5.74) is 7.87. The molecule has 3 heterocycles. The van der Waals surface area contributed by atoms with E-state index in [1.165, 1.54) is 11.1 Å². The largest absolute Gasteiger partial charge is 0.361 e. The first kappa shape index (κ1) is 22.9. The van der Waals surface area contributed by atoms with Crippen molar-refractivity contribution in [3.8, 4) is 6.07 Å². The van der Waals surface area contributed by atoms with Gasteiger partial charge in [0.15, 0.2) is 0 Å². The Bertz CT molecular complexity index is 1400. The number of nitriles is 1. The molecule has 0 saturated carbocycles. The zero-order valence-corrected chi connectivity index (χ0v) is 20.3. The zero-order valence-electron chi connectivity index (χ0n) is 20.3. The molecule has 6 nitrogen and oxygen atoms in total. The molecule has 1 saturated heterocycles. The van der Waals surface area contributed by atoms with E-state index in [9.17, 15) is 5.26 Å². The number of aromatic nitrogens is 2. The zero-order chi connectivity index (χ0) is 24.2. The maximum atomic E-state index is 9.79. The second-order valence-electron chi connectivity index (χ2n) is 9.18. The minimum Gasteiger partial charge on any atom is -0.361 e. The molecule has 2 N–H and O–H groups in total. The average Bonchev–Trinajstić information content (AvgIpc) is 3.37. The molecule has 0 spiro atoms. The molecule has 0 amide bonds. The van der Waals surface area contributed by atoms with Gasteiger partial charge in [-0.1, -0.05) is 36.4 Å². The number of hydrogen-bond donors (Lipinski definition) is 2. The van der Waals surface area contributed by atoms with Crippen LogP contribution in [0.1, 0.15) is 27.8 Å². The Hall–Kier alpha value is -3.92. The van der Waals surface area contributed by atoms with Gasteiger partial charge < -0.3 is 15.2 Å². The van der Waals surface area contributed by atoms with Crippen LogP contribution in [0, 0.1) is 18.3 Å². The van der Waals surface area contributed by atoms with Gasteiger partial charge in [-0.25, -0.2) is 0 Å². The molecule has 5 rings (SSSR count). The third kappa shape index (κ3) is 4.97. The predicted molar refractivity (Wildman–Crippen MR) is 143 cm³/mol. The van der Waals surface area contributed by atoms with Crippen molar-refractivity contribution in [2.24, 2.45) is 0 Å². The van der Waals surface area contributed by atoms with Crippen molar-refractivity contribution in [2.75, 3.05) is 38.5 Å². The van der Waals surface area contributed by atoms with Crippen LogP contribution in [0.25, 0.3) is 23.1 Å². The Morgan fingerprint density at radius 3 is 2.66 bits per heavy atom. The van der Waals surface area contributed by atoms with Gasteiger partial charge in [-0.15, -0.1) is 0 Å². The van der Waals surface area contributed by atoms with Crippen molar-refractivity contribution in [2.45, 2.75) is 13.5 Å². The van der Waals surface area contributed by atoms with E-state index in [2.05, 4.69) is 99.7 Å². The van der Waals surface area contributed by atoms with Gasteiger partial charge in [0.1, 0.15) is 6.07 Å². The van der Waals surface area contributed by atoms with Gasteiger partial charge >= 0.3 is 0 Å². The fourth-order valence-electron chi connectivity index (χ4n) is 4.65. The van der Waals surface area contributed by atoms with Crippen molar-refractivity contribution >= 4 is 34.4 Å². The fraction of sp³-hybridized carbons (Fsp3) is 0.241. The molecule has 0 bridgehead atoms. The molecular weight excluding hydrogens is 432 g/mol. The molecule has 6 heteroatoms. The summed E-state index contributed by atoms with van der Waals surface area (Å²) in [6.45, 7) is 7.41. The summed E-state index contributed by atoms with van der Waals surface area (Å²) in [4.78, 5) is 12.5. The van der Waals surface area contributed by atoms with Crippen LogP contribution in [0.2, 0.25) is 0 Å². The monoisotopic (exact) mass is 462 g/mol. The lowest BCUT2D eigenvalue weighted by Gasteiger charge is -2.32. The van der Waals surface area contributed by atoms with E-state index < -0.39 is 0 Å². The average molecular weight is 463 g/mol. The van der Waals surface area contributed by atoms with E-state index >= 15 is 0 Å². The predicted octanol–water partition coefficient (Wildman–Crippen LogP) is 5.40. The third-order valence-electron chi connectivity index (χ3n) is 6.85. The van der Waals surface area contributed by atoms with Crippen molar-refractivity contribution in [3.63, 3.8) is 0 Å². The smallest absolute Gasteiger partial charge is 0.103 e. The maximum absolute atomic E-state index is 9.79. The molecule has 0 aliphatic carbocycles. The maximum Gasteiger partial charge on any atom is 0.103 e. The Balaban J connectivity index is 1.44. The Morgan fingerprint density at radius 1 is 1.03 bits per heavy atom. The van der Waals surface area contributed by atoms with Crippen LogP contribution in [-0.4, -0.2) is 53.0 Å². The summed E-state index contributed by atoms with van der Waals surface area (Å²) in [6.07, 6.45) is 9.57. The number of likely N-dealkylation sites (N-methyl/N-ethyl adjacent to an activating group) is 1. The molecule has 4 aromatic rings.